The van der Waals surface area contributed by atoms with Gasteiger partial charge in [-0.2, -0.15) is 0 Å². The number of amides is 2. The Hall–Kier alpha value is -1.95. The first-order valence-corrected chi connectivity index (χ1v) is 6.97. The van der Waals surface area contributed by atoms with E-state index in [-0.39, 0.29) is 36.8 Å². The number of nitrogens with one attached hydrogen (secondary N) is 1. The third-order valence-corrected chi connectivity index (χ3v) is 3.79. The predicted octanol–water partition coefficient (Wildman–Crippen LogP) is 0.777. The Labute approximate surface area is 123 Å². The summed E-state index contributed by atoms with van der Waals surface area (Å²) in [5.74, 6) is -0.464. The van der Waals surface area contributed by atoms with Gasteiger partial charge in [-0.1, -0.05) is 12.1 Å². The van der Waals surface area contributed by atoms with E-state index in [1.54, 1.807) is 17.0 Å². The van der Waals surface area contributed by atoms with Crippen LogP contribution in [0.4, 0.5) is 4.39 Å². The second-order valence-corrected chi connectivity index (χ2v) is 5.31. The van der Waals surface area contributed by atoms with Gasteiger partial charge in [-0.3, -0.25) is 14.5 Å². The number of likely N-dealkylation sites (N-methyl/N-ethyl adjacent to an activating group) is 1. The molecule has 2 rings (SSSR count). The number of hydrogen-bond acceptors (Lipinski definition) is 3. The first kappa shape index (κ1) is 15.4. The lowest BCUT2D eigenvalue weighted by Gasteiger charge is -2.30. The SMILES string of the molecule is CC(c1ccc(F)cc1)N(C)CC(=O)N1CCNC(=O)C1. The zero-order valence-electron chi connectivity index (χ0n) is 12.3. The van der Waals surface area contributed by atoms with Crippen molar-refractivity contribution < 1.29 is 14.0 Å². The average molecular weight is 293 g/mol. The van der Waals surface area contributed by atoms with Gasteiger partial charge in [0.25, 0.3) is 0 Å². The van der Waals surface area contributed by atoms with Crippen LogP contribution in [-0.4, -0.2) is 54.8 Å². The third kappa shape index (κ3) is 4.01. The lowest BCUT2D eigenvalue weighted by atomic mass is 10.1. The van der Waals surface area contributed by atoms with E-state index in [0.29, 0.717) is 13.1 Å². The molecule has 1 aliphatic heterocycles. The lowest BCUT2D eigenvalue weighted by molar-refractivity contribution is -0.139. The number of carbonyl (C=O) groups is 2. The molecule has 0 saturated carbocycles. The summed E-state index contributed by atoms with van der Waals surface area (Å²) >= 11 is 0. The van der Waals surface area contributed by atoms with Gasteiger partial charge in [0.1, 0.15) is 5.82 Å². The zero-order valence-corrected chi connectivity index (χ0v) is 12.3. The van der Waals surface area contributed by atoms with E-state index >= 15 is 0 Å². The maximum atomic E-state index is 12.9. The van der Waals surface area contributed by atoms with Crippen LogP contribution < -0.4 is 5.32 Å². The highest BCUT2D eigenvalue weighted by Crippen LogP contribution is 2.18. The molecular formula is C15H20FN3O2. The van der Waals surface area contributed by atoms with E-state index in [1.807, 2.05) is 18.9 Å². The fraction of sp³-hybridized carbons (Fsp3) is 0.467. The van der Waals surface area contributed by atoms with Crippen molar-refractivity contribution in [2.45, 2.75) is 13.0 Å². The van der Waals surface area contributed by atoms with Crippen LogP contribution in [0.5, 0.6) is 0 Å². The molecule has 1 atom stereocenters. The first-order chi connectivity index (χ1) is 9.97. The summed E-state index contributed by atoms with van der Waals surface area (Å²) in [5, 5.41) is 2.69. The van der Waals surface area contributed by atoms with Crippen molar-refractivity contribution in [1.29, 1.82) is 0 Å². The molecule has 1 saturated heterocycles. The van der Waals surface area contributed by atoms with E-state index < -0.39 is 0 Å². The van der Waals surface area contributed by atoms with Gasteiger partial charge in [0.05, 0.1) is 13.1 Å². The Balaban J connectivity index is 1.93. The highest BCUT2D eigenvalue weighted by Gasteiger charge is 2.23. The molecule has 1 aliphatic rings. The summed E-state index contributed by atoms with van der Waals surface area (Å²) in [5.41, 5.74) is 0.947. The standard InChI is InChI=1S/C15H20FN3O2/c1-11(12-3-5-13(16)6-4-12)18(2)10-15(21)19-8-7-17-14(20)9-19/h3-6,11H,7-10H2,1-2H3,(H,17,20). The molecule has 21 heavy (non-hydrogen) atoms. The second-order valence-electron chi connectivity index (χ2n) is 5.31. The van der Waals surface area contributed by atoms with Crippen LogP contribution in [0.15, 0.2) is 24.3 Å². The Morgan fingerprint density at radius 3 is 2.71 bits per heavy atom. The van der Waals surface area contributed by atoms with Crippen molar-refractivity contribution in [1.82, 2.24) is 15.1 Å². The Morgan fingerprint density at radius 1 is 1.43 bits per heavy atom. The van der Waals surface area contributed by atoms with Crippen molar-refractivity contribution in [3.8, 4) is 0 Å². The molecule has 1 heterocycles. The Morgan fingerprint density at radius 2 is 2.10 bits per heavy atom. The summed E-state index contributed by atoms with van der Waals surface area (Å²) in [4.78, 5) is 26.9. The Bertz CT molecular complexity index is 518. The van der Waals surface area contributed by atoms with Crippen LogP contribution in [0.25, 0.3) is 0 Å². The minimum atomic E-state index is -0.274. The molecule has 114 valence electrons. The summed E-state index contributed by atoms with van der Waals surface area (Å²) < 4.78 is 12.9. The van der Waals surface area contributed by atoms with Crippen LogP contribution in [-0.2, 0) is 9.59 Å². The fourth-order valence-electron chi connectivity index (χ4n) is 2.30. The van der Waals surface area contributed by atoms with Gasteiger partial charge in [0.15, 0.2) is 0 Å². The summed E-state index contributed by atoms with van der Waals surface area (Å²) in [6.07, 6.45) is 0. The average Bonchev–Trinajstić information content (AvgIpc) is 2.47. The normalized spacial score (nSPS) is 16.8. The first-order valence-electron chi connectivity index (χ1n) is 6.97. The van der Waals surface area contributed by atoms with Gasteiger partial charge in [-0.25, -0.2) is 4.39 Å². The van der Waals surface area contributed by atoms with E-state index in [0.717, 1.165) is 5.56 Å². The molecule has 1 unspecified atom stereocenters. The highest BCUT2D eigenvalue weighted by molar-refractivity contribution is 5.86. The smallest absolute Gasteiger partial charge is 0.239 e. The summed E-state index contributed by atoms with van der Waals surface area (Å²) in [6.45, 7) is 3.36. The zero-order chi connectivity index (χ0) is 15.4. The molecule has 0 bridgehead atoms. The quantitative estimate of drug-likeness (QED) is 0.892. The van der Waals surface area contributed by atoms with Gasteiger partial charge in [-0.15, -0.1) is 0 Å². The molecule has 1 fully saturated rings. The summed E-state index contributed by atoms with van der Waals surface area (Å²) in [6, 6.07) is 6.26. The molecule has 0 aliphatic carbocycles. The van der Waals surface area contributed by atoms with Crippen molar-refractivity contribution in [2.75, 3.05) is 33.2 Å². The molecule has 2 amide bonds. The van der Waals surface area contributed by atoms with Gasteiger partial charge in [0.2, 0.25) is 11.8 Å². The van der Waals surface area contributed by atoms with Gasteiger partial charge in [-0.05, 0) is 31.7 Å². The molecule has 0 spiro atoms. The molecule has 5 nitrogen and oxygen atoms in total. The monoisotopic (exact) mass is 293 g/mol. The predicted molar refractivity (Wildman–Crippen MR) is 77.0 cm³/mol. The van der Waals surface area contributed by atoms with Crippen molar-refractivity contribution in [2.24, 2.45) is 0 Å². The summed E-state index contributed by atoms with van der Waals surface area (Å²) in [7, 11) is 1.84. The molecule has 1 aromatic carbocycles. The number of nitrogens with zero attached hydrogens (tertiary/aromatic N) is 2. The third-order valence-electron chi connectivity index (χ3n) is 3.79. The second kappa shape index (κ2) is 6.67. The molecule has 1 aromatic rings. The number of benzene rings is 1. The number of carbonyl (C=O) groups excluding carboxylic acids is 2. The van der Waals surface area contributed by atoms with E-state index in [2.05, 4.69) is 5.32 Å². The van der Waals surface area contributed by atoms with E-state index in [1.165, 1.54) is 12.1 Å². The van der Waals surface area contributed by atoms with Crippen molar-refractivity contribution in [3.05, 3.63) is 35.6 Å². The highest BCUT2D eigenvalue weighted by atomic mass is 19.1. The van der Waals surface area contributed by atoms with Crippen LogP contribution in [0.3, 0.4) is 0 Å². The molecule has 0 radical (unpaired) electrons. The number of hydrogen-bond donors (Lipinski definition) is 1. The van der Waals surface area contributed by atoms with E-state index in [9.17, 15) is 14.0 Å². The van der Waals surface area contributed by atoms with Crippen molar-refractivity contribution >= 4 is 11.8 Å². The maximum absolute atomic E-state index is 12.9. The largest absolute Gasteiger partial charge is 0.353 e. The fourth-order valence-corrected chi connectivity index (χ4v) is 2.30. The minimum absolute atomic E-state index is 0.00633. The minimum Gasteiger partial charge on any atom is -0.353 e. The van der Waals surface area contributed by atoms with Crippen molar-refractivity contribution in [3.63, 3.8) is 0 Å². The van der Waals surface area contributed by atoms with Crippen LogP contribution >= 0.6 is 0 Å². The topological polar surface area (TPSA) is 52.7 Å². The van der Waals surface area contributed by atoms with Gasteiger partial charge >= 0.3 is 0 Å². The Kier molecular flexibility index (Phi) is 4.90. The van der Waals surface area contributed by atoms with E-state index in [4.69, 9.17) is 0 Å². The van der Waals surface area contributed by atoms with Gasteiger partial charge in [0, 0.05) is 19.1 Å². The molecular weight excluding hydrogens is 273 g/mol. The van der Waals surface area contributed by atoms with Crippen LogP contribution in [0, 0.1) is 5.82 Å². The van der Waals surface area contributed by atoms with Gasteiger partial charge < -0.3 is 10.2 Å². The molecule has 6 heteroatoms. The number of piperazine rings is 1. The lowest BCUT2D eigenvalue weighted by Crippen LogP contribution is -2.52. The number of halogens is 1. The number of rotatable bonds is 4. The molecule has 1 N–H and O–H groups in total. The van der Waals surface area contributed by atoms with Crippen LogP contribution in [0.2, 0.25) is 0 Å². The van der Waals surface area contributed by atoms with Crippen LogP contribution in [0.1, 0.15) is 18.5 Å². The molecule has 0 aromatic heterocycles. The maximum Gasteiger partial charge on any atom is 0.239 e.